The normalized spacial score (nSPS) is 16.4. The quantitative estimate of drug-likeness (QED) is 0.494. The van der Waals surface area contributed by atoms with Gasteiger partial charge in [-0.3, -0.25) is 14.4 Å². The minimum Gasteiger partial charge on any atom is -0.495 e. The number of benzene rings is 3. The molecule has 1 aliphatic heterocycles. The molecule has 31 heavy (non-hydrogen) atoms. The van der Waals surface area contributed by atoms with Crippen LogP contribution in [0.5, 0.6) is 5.75 Å². The highest BCUT2D eigenvalue weighted by molar-refractivity contribution is 9.10. The average molecular weight is 519 g/mol. The van der Waals surface area contributed by atoms with Crippen LogP contribution in [-0.2, 0) is 14.8 Å². The molecule has 1 aliphatic rings. The number of amides is 1. The Kier molecular flexibility index (Phi) is 6.27. The van der Waals surface area contributed by atoms with Gasteiger partial charge in [-0.2, -0.15) is 0 Å². The SMILES string of the molecule is COc1ccccc1N1C(=O)CSC1c1ccc(NS(=O)(=O)c2ccc(Br)cc2)cc1. The molecular weight excluding hydrogens is 500 g/mol. The molecule has 1 N–H and O–H groups in total. The number of nitrogens with zero attached hydrogens (tertiary/aromatic N) is 1. The minimum atomic E-state index is -3.69. The van der Waals surface area contributed by atoms with E-state index < -0.39 is 10.0 Å². The number of sulfonamides is 1. The fourth-order valence-corrected chi connectivity index (χ4v) is 5.80. The number of rotatable bonds is 6. The van der Waals surface area contributed by atoms with Crippen LogP contribution in [0.4, 0.5) is 11.4 Å². The molecule has 1 fully saturated rings. The van der Waals surface area contributed by atoms with Gasteiger partial charge in [0.15, 0.2) is 0 Å². The molecule has 0 saturated carbocycles. The van der Waals surface area contributed by atoms with E-state index >= 15 is 0 Å². The van der Waals surface area contributed by atoms with Crippen molar-refractivity contribution in [2.45, 2.75) is 10.3 Å². The Morgan fingerprint density at radius 3 is 2.39 bits per heavy atom. The van der Waals surface area contributed by atoms with E-state index in [4.69, 9.17) is 4.74 Å². The van der Waals surface area contributed by atoms with Crippen molar-refractivity contribution in [3.05, 3.63) is 82.8 Å². The first-order valence-corrected chi connectivity index (χ1v) is 12.7. The van der Waals surface area contributed by atoms with Gasteiger partial charge in [0.25, 0.3) is 10.0 Å². The maximum absolute atomic E-state index is 12.6. The van der Waals surface area contributed by atoms with Crippen molar-refractivity contribution in [1.29, 1.82) is 0 Å². The second kappa shape index (κ2) is 8.94. The number of nitrogens with one attached hydrogen (secondary N) is 1. The molecule has 3 aromatic rings. The molecule has 1 heterocycles. The number of ether oxygens (including phenoxy) is 1. The Balaban J connectivity index is 1.57. The zero-order valence-electron chi connectivity index (χ0n) is 16.5. The predicted octanol–water partition coefficient (Wildman–Crippen LogP) is 5.04. The fourth-order valence-electron chi connectivity index (χ4n) is 3.30. The second-order valence-electron chi connectivity index (χ2n) is 6.78. The molecule has 160 valence electrons. The molecule has 1 atom stereocenters. The molecule has 0 aromatic heterocycles. The molecule has 1 amide bonds. The van der Waals surface area contributed by atoms with E-state index in [0.29, 0.717) is 22.9 Å². The van der Waals surface area contributed by atoms with Crippen LogP contribution in [-0.4, -0.2) is 27.2 Å². The Morgan fingerprint density at radius 1 is 1.03 bits per heavy atom. The maximum Gasteiger partial charge on any atom is 0.261 e. The van der Waals surface area contributed by atoms with Gasteiger partial charge in [0, 0.05) is 10.2 Å². The summed E-state index contributed by atoms with van der Waals surface area (Å²) in [5.74, 6) is 0.988. The molecule has 9 heteroatoms. The summed E-state index contributed by atoms with van der Waals surface area (Å²) in [5, 5.41) is -0.221. The third kappa shape index (κ3) is 4.58. The van der Waals surface area contributed by atoms with Crippen LogP contribution in [0.3, 0.4) is 0 Å². The van der Waals surface area contributed by atoms with Crippen LogP contribution >= 0.6 is 27.7 Å². The number of hydrogen-bond donors (Lipinski definition) is 1. The van der Waals surface area contributed by atoms with E-state index in [9.17, 15) is 13.2 Å². The van der Waals surface area contributed by atoms with Crippen molar-refractivity contribution in [3.8, 4) is 5.75 Å². The number of carbonyl (C=O) groups is 1. The smallest absolute Gasteiger partial charge is 0.261 e. The van der Waals surface area contributed by atoms with Crippen molar-refractivity contribution in [3.63, 3.8) is 0 Å². The second-order valence-corrected chi connectivity index (χ2v) is 10.4. The Bertz CT molecular complexity index is 1200. The largest absolute Gasteiger partial charge is 0.495 e. The number of methoxy groups -OCH3 is 1. The molecule has 0 radical (unpaired) electrons. The summed E-state index contributed by atoms with van der Waals surface area (Å²) in [6, 6.07) is 20.9. The molecule has 3 aromatic carbocycles. The lowest BCUT2D eigenvalue weighted by molar-refractivity contribution is -0.115. The standard InChI is InChI=1S/C22H19BrN2O4S2/c1-29-20-5-3-2-4-19(20)25-21(26)14-30-22(25)15-6-10-17(11-7-15)24-31(27,28)18-12-8-16(23)9-13-18/h2-13,22,24H,14H2,1H3. The summed E-state index contributed by atoms with van der Waals surface area (Å²) in [5.41, 5.74) is 2.06. The van der Waals surface area contributed by atoms with Crippen LogP contribution in [0.15, 0.2) is 82.2 Å². The van der Waals surface area contributed by atoms with Gasteiger partial charge in [-0.05, 0) is 54.1 Å². The molecular formula is C22H19BrN2O4S2. The zero-order chi connectivity index (χ0) is 22.0. The van der Waals surface area contributed by atoms with Crippen LogP contribution in [0, 0.1) is 0 Å². The maximum atomic E-state index is 12.6. The highest BCUT2D eigenvalue weighted by Crippen LogP contribution is 2.44. The van der Waals surface area contributed by atoms with Gasteiger partial charge in [0.2, 0.25) is 5.91 Å². The molecule has 0 bridgehead atoms. The Morgan fingerprint density at radius 2 is 1.71 bits per heavy atom. The van der Waals surface area contributed by atoms with E-state index in [1.54, 1.807) is 36.3 Å². The van der Waals surface area contributed by atoms with Gasteiger partial charge in [-0.25, -0.2) is 8.42 Å². The molecule has 1 unspecified atom stereocenters. The lowest BCUT2D eigenvalue weighted by atomic mass is 10.1. The van der Waals surface area contributed by atoms with Crippen molar-refractivity contribution >= 4 is 55.0 Å². The van der Waals surface area contributed by atoms with Crippen LogP contribution in [0.25, 0.3) is 0 Å². The first-order valence-electron chi connectivity index (χ1n) is 9.34. The first-order chi connectivity index (χ1) is 14.9. The third-order valence-corrected chi connectivity index (χ3v) is 7.92. The lowest BCUT2D eigenvalue weighted by Gasteiger charge is -2.26. The molecule has 0 spiro atoms. The zero-order valence-corrected chi connectivity index (χ0v) is 19.7. The van der Waals surface area contributed by atoms with Crippen molar-refractivity contribution in [2.75, 3.05) is 22.5 Å². The van der Waals surface area contributed by atoms with Gasteiger partial charge < -0.3 is 4.74 Å². The summed E-state index contributed by atoms with van der Waals surface area (Å²) < 4.78 is 34.0. The predicted molar refractivity (Wildman–Crippen MR) is 127 cm³/mol. The van der Waals surface area contributed by atoms with Crippen molar-refractivity contribution in [1.82, 2.24) is 0 Å². The highest BCUT2D eigenvalue weighted by Gasteiger charge is 2.35. The summed E-state index contributed by atoms with van der Waals surface area (Å²) in [6.45, 7) is 0. The summed E-state index contributed by atoms with van der Waals surface area (Å²) in [4.78, 5) is 14.5. The summed E-state index contributed by atoms with van der Waals surface area (Å²) in [6.07, 6.45) is 0. The van der Waals surface area contributed by atoms with E-state index in [0.717, 1.165) is 10.0 Å². The molecule has 6 nitrogen and oxygen atoms in total. The summed E-state index contributed by atoms with van der Waals surface area (Å²) in [7, 11) is -2.11. The number of anilines is 2. The highest BCUT2D eigenvalue weighted by atomic mass is 79.9. The topological polar surface area (TPSA) is 75.7 Å². The minimum absolute atomic E-state index is 0.000447. The van der Waals surface area contributed by atoms with Crippen LogP contribution in [0.1, 0.15) is 10.9 Å². The number of carbonyl (C=O) groups excluding carboxylic acids is 1. The van der Waals surface area contributed by atoms with E-state index in [2.05, 4.69) is 20.7 Å². The van der Waals surface area contributed by atoms with Gasteiger partial charge in [0.05, 0.1) is 23.4 Å². The van der Waals surface area contributed by atoms with E-state index in [1.807, 2.05) is 36.4 Å². The van der Waals surface area contributed by atoms with Gasteiger partial charge in [0.1, 0.15) is 11.1 Å². The number of para-hydroxylation sites is 2. The van der Waals surface area contributed by atoms with E-state index in [1.165, 1.54) is 23.9 Å². The Hall–Kier alpha value is -2.49. The summed E-state index contributed by atoms with van der Waals surface area (Å²) >= 11 is 4.82. The van der Waals surface area contributed by atoms with Gasteiger partial charge in [-0.1, -0.05) is 40.2 Å². The third-order valence-electron chi connectivity index (χ3n) is 4.78. The van der Waals surface area contributed by atoms with Gasteiger partial charge in [-0.15, -0.1) is 11.8 Å². The first kappa shape index (κ1) is 21.7. The molecule has 1 saturated heterocycles. The monoisotopic (exact) mass is 518 g/mol. The van der Waals surface area contributed by atoms with Gasteiger partial charge >= 0.3 is 0 Å². The average Bonchev–Trinajstić information content (AvgIpc) is 3.15. The van der Waals surface area contributed by atoms with E-state index in [-0.39, 0.29) is 16.2 Å². The number of thioether (sulfide) groups is 1. The van der Waals surface area contributed by atoms with Crippen LogP contribution < -0.4 is 14.4 Å². The van der Waals surface area contributed by atoms with Crippen molar-refractivity contribution < 1.29 is 17.9 Å². The van der Waals surface area contributed by atoms with Crippen molar-refractivity contribution in [2.24, 2.45) is 0 Å². The Labute approximate surface area is 193 Å². The number of hydrogen-bond acceptors (Lipinski definition) is 5. The molecule has 4 rings (SSSR count). The fraction of sp³-hybridized carbons (Fsp3) is 0.136. The number of halogens is 1. The molecule has 0 aliphatic carbocycles. The lowest BCUT2D eigenvalue weighted by Crippen LogP contribution is -2.28. The van der Waals surface area contributed by atoms with Crippen LogP contribution in [0.2, 0.25) is 0 Å².